The average molecular weight is 413 g/mol. The van der Waals surface area contributed by atoms with Gasteiger partial charge in [-0.3, -0.25) is 4.79 Å². The largest absolute Gasteiger partial charge is 0.409 e. The van der Waals surface area contributed by atoms with Crippen LogP contribution in [0.15, 0.2) is 56.6 Å². The Bertz CT molecular complexity index is 680. The fourth-order valence-electron chi connectivity index (χ4n) is 1.67. The van der Waals surface area contributed by atoms with Gasteiger partial charge >= 0.3 is 0 Å². The normalized spacial score (nSPS) is 11.2. The summed E-state index contributed by atoms with van der Waals surface area (Å²) in [4.78, 5) is 12.2. The highest BCUT2D eigenvalue weighted by atomic mass is 79.9. The van der Waals surface area contributed by atoms with Crippen LogP contribution in [-0.4, -0.2) is 17.0 Å². The van der Waals surface area contributed by atoms with Gasteiger partial charge in [-0.15, -0.1) is 0 Å². The molecule has 0 atom stereocenters. The molecule has 7 heteroatoms. The van der Waals surface area contributed by atoms with Gasteiger partial charge in [0.2, 0.25) is 0 Å². The lowest BCUT2D eigenvalue weighted by Crippen LogP contribution is -2.14. The molecule has 0 aromatic heterocycles. The standard InChI is InChI=1S/C14H11Br2N3O2/c15-10-5-9(6-11(16)7-10)14(20)18-12-3-1-8(2-4-12)13(17)19-21/h1-7,21H,(H2,17,19)(H,18,20). The van der Waals surface area contributed by atoms with E-state index in [-0.39, 0.29) is 11.7 Å². The van der Waals surface area contributed by atoms with E-state index >= 15 is 0 Å². The molecule has 2 rings (SSSR count). The molecule has 2 aromatic rings. The number of halogens is 2. The van der Waals surface area contributed by atoms with E-state index in [1.807, 2.05) is 6.07 Å². The maximum absolute atomic E-state index is 12.2. The first-order valence-corrected chi connectivity index (χ1v) is 7.43. The summed E-state index contributed by atoms with van der Waals surface area (Å²) in [7, 11) is 0. The number of benzene rings is 2. The summed E-state index contributed by atoms with van der Waals surface area (Å²) in [6, 6.07) is 12.0. The van der Waals surface area contributed by atoms with E-state index in [0.29, 0.717) is 16.8 Å². The number of amidine groups is 1. The molecule has 0 fully saturated rings. The van der Waals surface area contributed by atoms with E-state index in [9.17, 15) is 4.79 Å². The third-order valence-electron chi connectivity index (χ3n) is 2.67. The molecule has 0 heterocycles. The maximum atomic E-state index is 12.2. The van der Waals surface area contributed by atoms with E-state index < -0.39 is 0 Å². The van der Waals surface area contributed by atoms with Crippen molar-refractivity contribution >= 4 is 49.3 Å². The van der Waals surface area contributed by atoms with Crippen LogP contribution < -0.4 is 11.1 Å². The molecular weight excluding hydrogens is 402 g/mol. The predicted molar refractivity (Wildman–Crippen MR) is 88.7 cm³/mol. The summed E-state index contributed by atoms with van der Waals surface area (Å²) in [6.07, 6.45) is 0. The van der Waals surface area contributed by atoms with E-state index in [1.54, 1.807) is 36.4 Å². The third-order valence-corrected chi connectivity index (χ3v) is 3.59. The van der Waals surface area contributed by atoms with Gasteiger partial charge in [0.25, 0.3) is 5.91 Å². The minimum Gasteiger partial charge on any atom is -0.409 e. The van der Waals surface area contributed by atoms with Gasteiger partial charge in [-0.25, -0.2) is 0 Å². The first-order chi connectivity index (χ1) is 9.99. The zero-order valence-corrected chi connectivity index (χ0v) is 13.8. The van der Waals surface area contributed by atoms with Gasteiger partial charge in [-0.2, -0.15) is 0 Å². The molecule has 21 heavy (non-hydrogen) atoms. The molecular formula is C14H11Br2N3O2. The lowest BCUT2D eigenvalue weighted by atomic mass is 10.1. The molecule has 0 aliphatic rings. The number of rotatable bonds is 3. The summed E-state index contributed by atoms with van der Waals surface area (Å²) in [5.74, 6) is -0.211. The Hall–Kier alpha value is -1.86. The Labute approximate surface area is 138 Å². The van der Waals surface area contributed by atoms with E-state index in [0.717, 1.165) is 8.95 Å². The quantitative estimate of drug-likeness (QED) is 0.311. The lowest BCUT2D eigenvalue weighted by Gasteiger charge is -2.07. The lowest BCUT2D eigenvalue weighted by molar-refractivity contribution is 0.102. The molecule has 108 valence electrons. The summed E-state index contributed by atoms with van der Waals surface area (Å²) >= 11 is 6.68. The van der Waals surface area contributed by atoms with Crippen LogP contribution >= 0.6 is 31.9 Å². The van der Waals surface area contributed by atoms with Crippen LogP contribution in [0.4, 0.5) is 5.69 Å². The van der Waals surface area contributed by atoms with Crippen LogP contribution in [-0.2, 0) is 0 Å². The Morgan fingerprint density at radius 3 is 2.14 bits per heavy atom. The Kier molecular flexibility index (Phi) is 4.98. The number of nitrogens with one attached hydrogen (secondary N) is 1. The second kappa shape index (κ2) is 6.73. The number of anilines is 1. The van der Waals surface area contributed by atoms with Crippen molar-refractivity contribution in [3.05, 3.63) is 62.5 Å². The molecule has 0 radical (unpaired) electrons. The number of carbonyl (C=O) groups is 1. The van der Waals surface area contributed by atoms with Crippen molar-refractivity contribution in [1.82, 2.24) is 0 Å². The maximum Gasteiger partial charge on any atom is 0.255 e. The second-order valence-electron chi connectivity index (χ2n) is 4.17. The number of hydrogen-bond acceptors (Lipinski definition) is 3. The van der Waals surface area contributed by atoms with Crippen molar-refractivity contribution in [2.75, 3.05) is 5.32 Å². The highest BCUT2D eigenvalue weighted by molar-refractivity contribution is 9.11. The molecule has 0 unspecified atom stereocenters. The smallest absolute Gasteiger partial charge is 0.255 e. The zero-order valence-electron chi connectivity index (χ0n) is 10.7. The number of carbonyl (C=O) groups excluding carboxylic acids is 1. The van der Waals surface area contributed by atoms with Crippen molar-refractivity contribution < 1.29 is 10.0 Å². The number of nitrogens with zero attached hydrogens (tertiary/aromatic N) is 1. The van der Waals surface area contributed by atoms with E-state index in [2.05, 4.69) is 42.3 Å². The Morgan fingerprint density at radius 1 is 1.05 bits per heavy atom. The van der Waals surface area contributed by atoms with Crippen molar-refractivity contribution in [2.45, 2.75) is 0 Å². The van der Waals surface area contributed by atoms with Gasteiger partial charge in [-0.05, 0) is 42.5 Å². The minimum absolute atomic E-state index is 0.0174. The molecule has 0 saturated carbocycles. The number of amides is 1. The van der Waals surface area contributed by atoms with E-state index in [1.165, 1.54) is 0 Å². The van der Waals surface area contributed by atoms with Crippen LogP contribution in [0, 0.1) is 0 Å². The van der Waals surface area contributed by atoms with Gasteiger partial charge in [-0.1, -0.05) is 37.0 Å². The fraction of sp³-hybridized carbons (Fsp3) is 0. The Balaban J connectivity index is 2.16. The predicted octanol–water partition coefficient (Wildman–Crippen LogP) is 3.56. The van der Waals surface area contributed by atoms with Crippen LogP contribution in [0.3, 0.4) is 0 Å². The first-order valence-electron chi connectivity index (χ1n) is 5.85. The first kappa shape index (κ1) is 15.5. The van der Waals surface area contributed by atoms with Crippen molar-refractivity contribution in [3.63, 3.8) is 0 Å². The summed E-state index contributed by atoms with van der Waals surface area (Å²) < 4.78 is 1.62. The van der Waals surface area contributed by atoms with Crippen LogP contribution in [0.1, 0.15) is 15.9 Å². The SMILES string of the molecule is N/C(=N/O)c1ccc(NC(=O)c2cc(Br)cc(Br)c2)cc1. The zero-order chi connectivity index (χ0) is 15.4. The van der Waals surface area contributed by atoms with Crippen LogP contribution in [0.25, 0.3) is 0 Å². The highest BCUT2D eigenvalue weighted by Crippen LogP contribution is 2.21. The molecule has 0 saturated heterocycles. The monoisotopic (exact) mass is 411 g/mol. The molecule has 0 bridgehead atoms. The topological polar surface area (TPSA) is 87.7 Å². The third kappa shape index (κ3) is 4.05. The van der Waals surface area contributed by atoms with Crippen molar-refractivity contribution in [3.8, 4) is 0 Å². The number of hydrogen-bond donors (Lipinski definition) is 3. The summed E-state index contributed by atoms with van der Waals surface area (Å²) in [5, 5.41) is 14.3. The molecule has 2 aromatic carbocycles. The molecule has 5 nitrogen and oxygen atoms in total. The highest BCUT2D eigenvalue weighted by Gasteiger charge is 2.08. The molecule has 0 aliphatic heterocycles. The number of oxime groups is 1. The van der Waals surface area contributed by atoms with Gasteiger partial charge < -0.3 is 16.3 Å². The van der Waals surface area contributed by atoms with Crippen LogP contribution in [0.2, 0.25) is 0 Å². The van der Waals surface area contributed by atoms with Gasteiger partial charge in [0, 0.05) is 25.8 Å². The molecule has 4 N–H and O–H groups in total. The van der Waals surface area contributed by atoms with Crippen LogP contribution in [0.5, 0.6) is 0 Å². The molecule has 0 spiro atoms. The van der Waals surface area contributed by atoms with Crippen molar-refractivity contribution in [2.24, 2.45) is 10.9 Å². The average Bonchev–Trinajstić information content (AvgIpc) is 2.46. The number of nitrogens with two attached hydrogens (primary N) is 1. The summed E-state index contributed by atoms with van der Waals surface area (Å²) in [6.45, 7) is 0. The fourth-order valence-corrected chi connectivity index (χ4v) is 2.96. The van der Waals surface area contributed by atoms with Gasteiger partial charge in [0.15, 0.2) is 5.84 Å². The Morgan fingerprint density at radius 2 is 1.62 bits per heavy atom. The second-order valence-corrected chi connectivity index (χ2v) is 6.01. The van der Waals surface area contributed by atoms with E-state index in [4.69, 9.17) is 10.9 Å². The molecule has 1 amide bonds. The summed E-state index contributed by atoms with van der Waals surface area (Å²) in [5.41, 5.74) is 7.18. The van der Waals surface area contributed by atoms with Crippen molar-refractivity contribution in [1.29, 1.82) is 0 Å². The van der Waals surface area contributed by atoms with Gasteiger partial charge in [0.1, 0.15) is 0 Å². The minimum atomic E-state index is -0.228. The molecule has 0 aliphatic carbocycles. The van der Waals surface area contributed by atoms with Gasteiger partial charge in [0.05, 0.1) is 0 Å².